The Morgan fingerprint density at radius 3 is 3.05 bits per heavy atom. The average Bonchev–Trinajstić information content (AvgIpc) is 2.97. The standard InChI is InChI=1S/C13H17N5O2/c1-8-4-10(20-17-8)5-9-6-18(7-11(9)19)13-15-3-2-12(14)16-13/h2-4,9,11,19H,5-7H2,1H3,(H2,14,15,16)/t9-,11-/m1/s1. The second-order valence-electron chi connectivity index (χ2n) is 5.15. The van der Waals surface area contributed by atoms with Crippen molar-refractivity contribution in [3.05, 3.63) is 29.8 Å². The highest BCUT2D eigenvalue weighted by atomic mass is 16.5. The van der Waals surface area contributed by atoms with Gasteiger partial charge in [0.15, 0.2) is 0 Å². The molecule has 0 bridgehead atoms. The maximum absolute atomic E-state index is 10.2. The van der Waals surface area contributed by atoms with Crippen LogP contribution in [0.2, 0.25) is 0 Å². The summed E-state index contributed by atoms with van der Waals surface area (Å²) in [7, 11) is 0. The predicted molar refractivity (Wildman–Crippen MR) is 73.1 cm³/mol. The first kappa shape index (κ1) is 12.9. The number of nitrogens with zero attached hydrogens (tertiary/aromatic N) is 4. The van der Waals surface area contributed by atoms with E-state index < -0.39 is 6.10 Å². The number of aliphatic hydroxyl groups is 1. The van der Waals surface area contributed by atoms with Crippen LogP contribution in [0.5, 0.6) is 0 Å². The molecule has 0 aliphatic carbocycles. The molecule has 3 heterocycles. The van der Waals surface area contributed by atoms with Crippen molar-refractivity contribution in [2.45, 2.75) is 19.4 Å². The van der Waals surface area contributed by atoms with Gasteiger partial charge in [0.1, 0.15) is 11.6 Å². The van der Waals surface area contributed by atoms with Crippen molar-refractivity contribution in [1.29, 1.82) is 0 Å². The zero-order valence-electron chi connectivity index (χ0n) is 11.2. The molecule has 0 spiro atoms. The molecule has 0 amide bonds. The van der Waals surface area contributed by atoms with E-state index in [4.69, 9.17) is 10.3 Å². The number of hydrogen-bond acceptors (Lipinski definition) is 7. The minimum Gasteiger partial charge on any atom is -0.391 e. The Morgan fingerprint density at radius 1 is 1.50 bits per heavy atom. The third-order valence-corrected chi connectivity index (χ3v) is 3.49. The van der Waals surface area contributed by atoms with Gasteiger partial charge in [0.25, 0.3) is 0 Å². The van der Waals surface area contributed by atoms with E-state index in [0.717, 1.165) is 11.5 Å². The molecule has 1 fully saturated rings. The molecule has 1 saturated heterocycles. The van der Waals surface area contributed by atoms with Crippen molar-refractivity contribution in [2.75, 3.05) is 23.7 Å². The van der Waals surface area contributed by atoms with Gasteiger partial charge in [-0.1, -0.05) is 5.16 Å². The Kier molecular flexibility index (Phi) is 3.27. The van der Waals surface area contributed by atoms with Gasteiger partial charge in [0.05, 0.1) is 11.8 Å². The van der Waals surface area contributed by atoms with Crippen molar-refractivity contribution in [2.24, 2.45) is 5.92 Å². The number of nitrogens with two attached hydrogens (primary N) is 1. The largest absolute Gasteiger partial charge is 0.391 e. The second kappa shape index (κ2) is 5.09. The molecule has 0 saturated carbocycles. The number of hydrogen-bond donors (Lipinski definition) is 2. The van der Waals surface area contributed by atoms with Crippen LogP contribution in [0, 0.1) is 12.8 Å². The number of aromatic nitrogens is 3. The number of aryl methyl sites for hydroxylation is 1. The molecule has 3 rings (SSSR count). The summed E-state index contributed by atoms with van der Waals surface area (Å²) in [6.07, 6.45) is 1.84. The SMILES string of the molecule is Cc1cc(C[C@@H]2CN(c3nccc(N)n3)C[C@H]2O)on1. The molecule has 3 N–H and O–H groups in total. The minimum absolute atomic E-state index is 0.0763. The van der Waals surface area contributed by atoms with Crippen LogP contribution in [0.25, 0.3) is 0 Å². The first-order chi connectivity index (χ1) is 9.61. The molecular weight excluding hydrogens is 258 g/mol. The highest BCUT2D eigenvalue weighted by Crippen LogP contribution is 2.24. The van der Waals surface area contributed by atoms with Gasteiger partial charge in [-0.05, 0) is 13.0 Å². The molecule has 1 aliphatic heterocycles. The predicted octanol–water partition coefficient (Wildman–Crippen LogP) is 0.395. The molecule has 0 aromatic carbocycles. The lowest BCUT2D eigenvalue weighted by Gasteiger charge is -2.15. The van der Waals surface area contributed by atoms with E-state index in [1.54, 1.807) is 12.3 Å². The van der Waals surface area contributed by atoms with Crippen molar-refractivity contribution >= 4 is 11.8 Å². The van der Waals surface area contributed by atoms with Crippen LogP contribution in [0.4, 0.5) is 11.8 Å². The van der Waals surface area contributed by atoms with Gasteiger partial charge in [0, 0.05) is 37.7 Å². The number of nitrogen functional groups attached to an aromatic ring is 1. The third kappa shape index (κ3) is 2.57. The lowest BCUT2D eigenvalue weighted by Crippen LogP contribution is -2.23. The molecule has 2 aromatic rings. The Morgan fingerprint density at radius 2 is 2.35 bits per heavy atom. The molecule has 2 atom stereocenters. The molecule has 1 aliphatic rings. The highest BCUT2D eigenvalue weighted by Gasteiger charge is 2.33. The molecule has 106 valence electrons. The normalized spacial score (nSPS) is 22.4. The van der Waals surface area contributed by atoms with Crippen molar-refractivity contribution in [1.82, 2.24) is 15.1 Å². The summed E-state index contributed by atoms with van der Waals surface area (Å²) in [6.45, 7) is 3.05. The third-order valence-electron chi connectivity index (χ3n) is 3.49. The lowest BCUT2D eigenvalue weighted by molar-refractivity contribution is 0.143. The second-order valence-corrected chi connectivity index (χ2v) is 5.15. The van der Waals surface area contributed by atoms with Crippen molar-refractivity contribution < 1.29 is 9.63 Å². The molecule has 0 unspecified atom stereocenters. The maximum Gasteiger partial charge on any atom is 0.227 e. The van der Waals surface area contributed by atoms with E-state index in [2.05, 4.69) is 15.1 Å². The Balaban J connectivity index is 1.70. The summed E-state index contributed by atoms with van der Waals surface area (Å²) >= 11 is 0. The van der Waals surface area contributed by atoms with Crippen LogP contribution >= 0.6 is 0 Å². The Labute approximate surface area is 116 Å². The van der Waals surface area contributed by atoms with Gasteiger partial charge in [-0.15, -0.1) is 0 Å². The summed E-state index contributed by atoms with van der Waals surface area (Å²) in [4.78, 5) is 10.3. The van der Waals surface area contributed by atoms with Gasteiger partial charge in [-0.2, -0.15) is 4.98 Å². The Hall–Kier alpha value is -2.15. The topological polar surface area (TPSA) is 101 Å². The number of aliphatic hydroxyl groups excluding tert-OH is 1. The molecule has 7 nitrogen and oxygen atoms in total. The first-order valence-corrected chi connectivity index (χ1v) is 6.55. The maximum atomic E-state index is 10.2. The lowest BCUT2D eigenvalue weighted by atomic mass is 10.0. The minimum atomic E-state index is -0.439. The quantitative estimate of drug-likeness (QED) is 0.835. The average molecular weight is 275 g/mol. The summed E-state index contributed by atoms with van der Waals surface area (Å²) in [5.41, 5.74) is 6.51. The van der Waals surface area contributed by atoms with E-state index >= 15 is 0 Å². The monoisotopic (exact) mass is 275 g/mol. The van der Waals surface area contributed by atoms with Crippen molar-refractivity contribution in [3.8, 4) is 0 Å². The van der Waals surface area contributed by atoms with Crippen LogP contribution in [0.3, 0.4) is 0 Å². The molecule has 7 heteroatoms. The number of anilines is 2. The van der Waals surface area contributed by atoms with Crippen LogP contribution in [-0.2, 0) is 6.42 Å². The van der Waals surface area contributed by atoms with Crippen LogP contribution in [-0.4, -0.2) is 39.4 Å². The van der Waals surface area contributed by atoms with Crippen molar-refractivity contribution in [3.63, 3.8) is 0 Å². The summed E-state index contributed by atoms with van der Waals surface area (Å²) in [6, 6.07) is 3.54. The zero-order chi connectivity index (χ0) is 14.1. The molecule has 0 radical (unpaired) electrons. The number of β-amino-alcohol motifs (C(OH)–C–C–N with tert-alkyl or cyclic N) is 1. The van der Waals surface area contributed by atoms with Gasteiger partial charge < -0.3 is 20.3 Å². The van der Waals surface area contributed by atoms with Crippen LogP contribution < -0.4 is 10.6 Å². The first-order valence-electron chi connectivity index (χ1n) is 6.55. The van der Waals surface area contributed by atoms with Gasteiger partial charge in [-0.25, -0.2) is 4.98 Å². The van der Waals surface area contributed by atoms with E-state index in [-0.39, 0.29) is 5.92 Å². The van der Waals surface area contributed by atoms with Gasteiger partial charge >= 0.3 is 0 Å². The summed E-state index contributed by atoms with van der Waals surface area (Å²) < 4.78 is 5.20. The molecule has 2 aromatic heterocycles. The molecule has 20 heavy (non-hydrogen) atoms. The fraction of sp³-hybridized carbons (Fsp3) is 0.462. The van der Waals surface area contributed by atoms with E-state index in [1.807, 2.05) is 17.9 Å². The Bertz CT molecular complexity index is 600. The smallest absolute Gasteiger partial charge is 0.227 e. The fourth-order valence-electron chi connectivity index (χ4n) is 2.50. The zero-order valence-corrected chi connectivity index (χ0v) is 11.2. The molecular formula is C13H17N5O2. The van der Waals surface area contributed by atoms with Gasteiger partial charge in [0.2, 0.25) is 5.95 Å². The van der Waals surface area contributed by atoms with Crippen LogP contribution in [0.15, 0.2) is 22.9 Å². The van der Waals surface area contributed by atoms with E-state index in [0.29, 0.717) is 31.3 Å². The summed E-state index contributed by atoms with van der Waals surface area (Å²) in [5.74, 6) is 1.85. The summed E-state index contributed by atoms with van der Waals surface area (Å²) in [5, 5.41) is 14.0. The highest BCUT2D eigenvalue weighted by molar-refractivity contribution is 5.39. The number of rotatable bonds is 3. The van der Waals surface area contributed by atoms with Crippen LogP contribution in [0.1, 0.15) is 11.5 Å². The van der Waals surface area contributed by atoms with E-state index in [1.165, 1.54) is 0 Å². The van der Waals surface area contributed by atoms with E-state index in [9.17, 15) is 5.11 Å². The fourth-order valence-corrected chi connectivity index (χ4v) is 2.50. The van der Waals surface area contributed by atoms with Gasteiger partial charge in [-0.3, -0.25) is 0 Å².